The number of ether oxygens (including phenoxy) is 1. The minimum Gasteiger partial charge on any atom is -0.487 e. The van der Waals surface area contributed by atoms with Crippen LogP contribution >= 0.6 is 22.9 Å². The zero-order valence-electron chi connectivity index (χ0n) is 21.0. The first-order valence-corrected chi connectivity index (χ1v) is 13.6. The van der Waals surface area contributed by atoms with Crippen LogP contribution in [0, 0.1) is 5.82 Å². The molecule has 3 aromatic heterocycles. The van der Waals surface area contributed by atoms with E-state index in [-0.39, 0.29) is 12.4 Å². The van der Waals surface area contributed by atoms with E-state index in [0.29, 0.717) is 10.8 Å². The Morgan fingerprint density at radius 3 is 2.87 bits per heavy atom. The summed E-state index contributed by atoms with van der Waals surface area (Å²) in [6, 6.07) is 11.8. The molecule has 0 amide bonds. The van der Waals surface area contributed by atoms with Gasteiger partial charge in [0, 0.05) is 28.9 Å². The molecule has 0 aliphatic heterocycles. The third-order valence-corrected chi connectivity index (χ3v) is 8.00. The molecule has 194 valence electrons. The van der Waals surface area contributed by atoms with Crippen LogP contribution in [-0.4, -0.2) is 45.3 Å². The molecular formula is C28H26ClFN6OS. The lowest BCUT2D eigenvalue weighted by Crippen LogP contribution is -2.18. The number of hydrogen-bond acceptors (Lipinski definition) is 7. The monoisotopic (exact) mass is 548 g/mol. The number of thiophene rings is 1. The minimum atomic E-state index is -0.294. The van der Waals surface area contributed by atoms with Gasteiger partial charge in [-0.3, -0.25) is 4.68 Å². The van der Waals surface area contributed by atoms with Crippen LogP contribution in [0.2, 0.25) is 5.02 Å². The standard InChI is InChI=1S/C28H26ClFN6OS/c1-35(2)10-11-36-14-21-23(34-36)8-7-20-25-27(31-16-32-28(25)38-26(20)21)33-19-6-9-24(22(29)13-19)37-15-17-4-3-5-18(30)12-17/h3-6,9,12-14,16H,7-8,10-11,15H2,1-2H3,(H,31,32,33). The Kier molecular flexibility index (Phi) is 6.73. The number of rotatable bonds is 8. The molecule has 0 saturated heterocycles. The molecule has 1 aliphatic rings. The predicted octanol–water partition coefficient (Wildman–Crippen LogP) is 6.33. The Bertz CT molecular complexity index is 1630. The van der Waals surface area contributed by atoms with E-state index in [1.807, 2.05) is 18.2 Å². The van der Waals surface area contributed by atoms with Crippen molar-refractivity contribution in [3.63, 3.8) is 0 Å². The van der Waals surface area contributed by atoms with Gasteiger partial charge in [-0.15, -0.1) is 11.3 Å². The molecule has 0 saturated carbocycles. The lowest BCUT2D eigenvalue weighted by atomic mass is 9.95. The number of fused-ring (bicyclic) bond motifs is 5. The van der Waals surface area contributed by atoms with Crippen LogP contribution in [0.4, 0.5) is 15.9 Å². The van der Waals surface area contributed by atoms with Gasteiger partial charge in [0.2, 0.25) is 0 Å². The Hall–Kier alpha value is -3.53. The van der Waals surface area contributed by atoms with Gasteiger partial charge in [-0.1, -0.05) is 23.7 Å². The Morgan fingerprint density at radius 1 is 1.16 bits per heavy atom. The summed E-state index contributed by atoms with van der Waals surface area (Å²) < 4.78 is 21.3. The molecule has 6 rings (SSSR count). The van der Waals surface area contributed by atoms with Crippen LogP contribution in [0.25, 0.3) is 20.7 Å². The lowest BCUT2D eigenvalue weighted by molar-refractivity contribution is 0.306. The van der Waals surface area contributed by atoms with Gasteiger partial charge in [0.05, 0.1) is 22.6 Å². The molecule has 38 heavy (non-hydrogen) atoms. The van der Waals surface area contributed by atoms with Crippen molar-refractivity contribution in [1.29, 1.82) is 0 Å². The molecule has 3 heterocycles. The fourth-order valence-electron chi connectivity index (χ4n) is 4.66. The Labute approximate surface area is 228 Å². The molecule has 0 fully saturated rings. The summed E-state index contributed by atoms with van der Waals surface area (Å²) in [5, 5.41) is 9.77. The number of nitrogens with zero attached hydrogens (tertiary/aromatic N) is 5. The van der Waals surface area contributed by atoms with E-state index in [1.54, 1.807) is 29.8 Å². The summed E-state index contributed by atoms with van der Waals surface area (Å²) >= 11 is 8.22. The van der Waals surface area contributed by atoms with E-state index in [0.717, 1.165) is 58.9 Å². The van der Waals surface area contributed by atoms with Crippen molar-refractivity contribution in [3.8, 4) is 16.2 Å². The minimum absolute atomic E-state index is 0.228. The van der Waals surface area contributed by atoms with Crippen LogP contribution in [0.15, 0.2) is 55.0 Å². The SMILES string of the molecule is CN(C)CCn1cc2c(n1)CCc1c-2sc2ncnc(Nc3ccc(OCc4cccc(F)c4)c(Cl)c3)c12. The first-order valence-electron chi connectivity index (χ1n) is 12.4. The number of anilines is 2. The smallest absolute Gasteiger partial charge is 0.142 e. The van der Waals surface area contributed by atoms with Gasteiger partial charge in [0.15, 0.2) is 0 Å². The number of halogens is 2. The number of aromatic nitrogens is 4. The quantitative estimate of drug-likeness (QED) is 0.244. The summed E-state index contributed by atoms with van der Waals surface area (Å²) in [5.41, 5.74) is 5.13. The van der Waals surface area contributed by atoms with Crippen LogP contribution in [0.5, 0.6) is 5.75 Å². The van der Waals surface area contributed by atoms with E-state index in [2.05, 4.69) is 45.2 Å². The molecule has 7 nitrogen and oxygen atoms in total. The molecular weight excluding hydrogens is 523 g/mol. The highest BCUT2D eigenvalue weighted by Gasteiger charge is 2.26. The number of hydrogen-bond donors (Lipinski definition) is 1. The summed E-state index contributed by atoms with van der Waals surface area (Å²) in [6.45, 7) is 2.03. The maximum absolute atomic E-state index is 13.5. The molecule has 10 heteroatoms. The van der Waals surface area contributed by atoms with Crippen molar-refractivity contribution < 1.29 is 9.13 Å². The van der Waals surface area contributed by atoms with Gasteiger partial charge in [-0.05, 0) is 68.4 Å². The third-order valence-electron chi connectivity index (χ3n) is 6.54. The maximum Gasteiger partial charge on any atom is 0.142 e. The van der Waals surface area contributed by atoms with E-state index in [4.69, 9.17) is 21.4 Å². The fraction of sp³-hybridized carbons (Fsp3) is 0.250. The number of likely N-dealkylation sites (N-methyl/N-ethyl adjacent to an activating group) is 1. The van der Waals surface area contributed by atoms with E-state index in [9.17, 15) is 4.39 Å². The largest absolute Gasteiger partial charge is 0.487 e. The normalized spacial score (nSPS) is 12.6. The topological polar surface area (TPSA) is 68.1 Å². The third kappa shape index (κ3) is 4.97. The number of benzene rings is 2. The summed E-state index contributed by atoms with van der Waals surface area (Å²) in [5.74, 6) is 0.986. The first kappa shape index (κ1) is 24.8. The average molecular weight is 549 g/mol. The zero-order valence-corrected chi connectivity index (χ0v) is 22.6. The van der Waals surface area contributed by atoms with Crippen molar-refractivity contribution in [1.82, 2.24) is 24.6 Å². The van der Waals surface area contributed by atoms with Crippen molar-refractivity contribution in [2.24, 2.45) is 0 Å². The van der Waals surface area contributed by atoms with Crippen LogP contribution < -0.4 is 10.1 Å². The molecule has 0 atom stereocenters. The molecule has 5 aromatic rings. The first-order chi connectivity index (χ1) is 18.4. The molecule has 0 unspecified atom stereocenters. The van der Waals surface area contributed by atoms with Gasteiger partial charge in [0.1, 0.15) is 35.1 Å². The highest BCUT2D eigenvalue weighted by Crippen LogP contribution is 2.45. The molecule has 0 bridgehead atoms. The summed E-state index contributed by atoms with van der Waals surface area (Å²) in [6.07, 6.45) is 5.53. The number of aryl methyl sites for hydroxylation is 2. The van der Waals surface area contributed by atoms with Gasteiger partial charge in [-0.25, -0.2) is 14.4 Å². The van der Waals surface area contributed by atoms with Gasteiger partial charge >= 0.3 is 0 Å². The van der Waals surface area contributed by atoms with Crippen molar-refractivity contribution >= 4 is 44.7 Å². The van der Waals surface area contributed by atoms with Crippen LogP contribution in [0.3, 0.4) is 0 Å². The fourth-order valence-corrected chi connectivity index (χ4v) is 6.12. The van der Waals surface area contributed by atoms with E-state index in [1.165, 1.54) is 28.1 Å². The van der Waals surface area contributed by atoms with Gasteiger partial charge in [-0.2, -0.15) is 5.10 Å². The molecule has 2 aromatic carbocycles. The summed E-state index contributed by atoms with van der Waals surface area (Å²) in [7, 11) is 4.14. The van der Waals surface area contributed by atoms with Crippen molar-refractivity contribution in [2.45, 2.75) is 26.0 Å². The van der Waals surface area contributed by atoms with Crippen LogP contribution in [0.1, 0.15) is 16.8 Å². The lowest BCUT2D eigenvalue weighted by Gasteiger charge is -2.13. The van der Waals surface area contributed by atoms with E-state index >= 15 is 0 Å². The van der Waals surface area contributed by atoms with Gasteiger partial charge in [0.25, 0.3) is 0 Å². The second-order valence-electron chi connectivity index (χ2n) is 9.56. The van der Waals surface area contributed by atoms with Gasteiger partial charge < -0.3 is 15.0 Å². The second kappa shape index (κ2) is 10.3. The molecule has 1 N–H and O–H groups in total. The summed E-state index contributed by atoms with van der Waals surface area (Å²) in [4.78, 5) is 13.5. The number of nitrogens with one attached hydrogen (secondary N) is 1. The molecule has 0 radical (unpaired) electrons. The second-order valence-corrected chi connectivity index (χ2v) is 11.0. The predicted molar refractivity (Wildman–Crippen MR) is 150 cm³/mol. The average Bonchev–Trinajstić information content (AvgIpc) is 3.49. The highest BCUT2D eigenvalue weighted by molar-refractivity contribution is 7.22. The van der Waals surface area contributed by atoms with Crippen molar-refractivity contribution in [2.75, 3.05) is 26.0 Å². The maximum atomic E-state index is 13.5. The highest BCUT2D eigenvalue weighted by atomic mass is 35.5. The zero-order chi connectivity index (χ0) is 26.2. The molecule has 1 aliphatic carbocycles. The molecule has 0 spiro atoms. The van der Waals surface area contributed by atoms with Crippen LogP contribution in [-0.2, 0) is 26.0 Å². The van der Waals surface area contributed by atoms with E-state index < -0.39 is 0 Å². The Balaban J connectivity index is 1.25. The van der Waals surface area contributed by atoms with Crippen molar-refractivity contribution in [3.05, 3.63) is 82.6 Å². The Morgan fingerprint density at radius 2 is 2.05 bits per heavy atom.